The minimum atomic E-state index is -3.67. The first-order chi connectivity index (χ1) is 21.8. The Balaban J connectivity index is 0.000000775. The molecule has 0 unspecified atom stereocenters. The maximum atomic E-state index is 15.3. The number of nitrogens with one attached hydrogen (secondary N) is 1. The third-order valence-corrected chi connectivity index (χ3v) is 6.80. The van der Waals surface area contributed by atoms with Crippen molar-refractivity contribution >= 4 is 26.8 Å². The lowest BCUT2D eigenvalue weighted by Crippen LogP contribution is -2.26. The molecule has 0 aliphatic heterocycles. The van der Waals surface area contributed by atoms with Crippen LogP contribution in [0.3, 0.4) is 0 Å². The fraction of sp³-hybridized carbons (Fsp3) is 0.125. The Morgan fingerprint density at radius 3 is 2.39 bits per heavy atom. The van der Waals surface area contributed by atoms with Crippen molar-refractivity contribution in [3.05, 3.63) is 124 Å². The van der Waals surface area contributed by atoms with Crippen molar-refractivity contribution in [2.45, 2.75) is 13.3 Å². The lowest BCUT2D eigenvalue weighted by Gasteiger charge is -2.13. The number of Topliss-reactive ketones (excluding diaryl/α,β-unsaturated/α-hetero) is 1. The number of pyridine rings is 1. The molecule has 6 rings (SSSR count). The Hall–Kier alpha value is -5.47. The summed E-state index contributed by atoms with van der Waals surface area (Å²) in [5, 5.41) is 11.9. The van der Waals surface area contributed by atoms with Crippen LogP contribution in [-0.4, -0.2) is 49.6 Å². The molecule has 0 fully saturated rings. The van der Waals surface area contributed by atoms with Crippen molar-refractivity contribution in [3.63, 3.8) is 0 Å². The molecule has 0 atom stereocenters. The Morgan fingerprint density at radius 2 is 1.74 bits per heavy atom. The van der Waals surface area contributed by atoms with Crippen LogP contribution in [0, 0.1) is 18.6 Å². The molecule has 11 nitrogen and oxygen atoms in total. The molecule has 46 heavy (non-hydrogen) atoms. The number of hydrogen-bond donors (Lipinski definition) is 2. The number of aryl methyl sites for hydroxylation is 2. The van der Waals surface area contributed by atoms with E-state index in [0.717, 1.165) is 16.5 Å². The molecule has 14 heteroatoms. The third-order valence-electron chi connectivity index (χ3n) is 6.80. The van der Waals surface area contributed by atoms with Crippen LogP contribution in [0.25, 0.3) is 27.7 Å². The molecule has 0 aliphatic rings. The Bertz CT molecular complexity index is 2220. The number of carbonyl (C=O) groups is 1. The highest BCUT2D eigenvalue weighted by atomic mass is 32.2. The van der Waals surface area contributed by atoms with Gasteiger partial charge in [0.05, 0.1) is 29.7 Å². The van der Waals surface area contributed by atoms with Crippen LogP contribution < -0.4 is 10.3 Å². The number of halogens is 2. The predicted molar refractivity (Wildman–Crippen MR) is 167 cm³/mol. The maximum Gasteiger partial charge on any atom is 0.265 e. The zero-order chi connectivity index (χ0) is 33.2. The summed E-state index contributed by atoms with van der Waals surface area (Å²) >= 11 is 0. The van der Waals surface area contributed by atoms with Crippen molar-refractivity contribution < 1.29 is 31.3 Å². The lowest BCUT2D eigenvalue weighted by molar-refractivity contribution is 0.0991. The molecule has 3 heterocycles. The van der Waals surface area contributed by atoms with Crippen molar-refractivity contribution in [2.75, 3.05) is 6.26 Å². The van der Waals surface area contributed by atoms with Gasteiger partial charge in [0.25, 0.3) is 15.7 Å². The molecule has 6 aromatic rings. The van der Waals surface area contributed by atoms with Crippen LogP contribution in [0.4, 0.5) is 8.78 Å². The molecule has 0 saturated heterocycles. The SMILES string of the molecule is CS(=O)(=O)O.Cc1cc(C(=O)Cc2ccc(Oc3cc4cnn(C)c4cc3-c3cn[nH]c3)c(F)c2)c(=O)n(-c2ccc(F)cc2)c1. The summed E-state index contributed by atoms with van der Waals surface area (Å²) in [6.45, 7) is 1.75. The van der Waals surface area contributed by atoms with Crippen LogP contribution in [-0.2, 0) is 23.6 Å². The minimum absolute atomic E-state index is 0.0246. The normalized spacial score (nSPS) is 11.3. The Kier molecular flexibility index (Phi) is 8.94. The summed E-state index contributed by atoms with van der Waals surface area (Å²) in [7, 11) is -1.84. The van der Waals surface area contributed by atoms with E-state index in [4.69, 9.17) is 9.29 Å². The average molecular weight is 648 g/mol. The molecule has 236 valence electrons. The number of ketones is 1. The van der Waals surface area contributed by atoms with E-state index in [-0.39, 0.29) is 17.7 Å². The van der Waals surface area contributed by atoms with Gasteiger partial charge in [0, 0.05) is 48.1 Å². The first-order valence-electron chi connectivity index (χ1n) is 13.6. The molecular formula is C32H27F2N5O6S. The van der Waals surface area contributed by atoms with E-state index in [0.29, 0.717) is 34.4 Å². The van der Waals surface area contributed by atoms with E-state index in [1.807, 2.05) is 13.1 Å². The van der Waals surface area contributed by atoms with Crippen LogP contribution in [0.2, 0.25) is 0 Å². The molecule has 0 spiro atoms. The number of H-pyrrole nitrogens is 1. The van der Waals surface area contributed by atoms with E-state index in [1.165, 1.54) is 47.0 Å². The molecule has 0 aliphatic carbocycles. The van der Waals surface area contributed by atoms with Crippen LogP contribution in [0.15, 0.2) is 90.2 Å². The van der Waals surface area contributed by atoms with E-state index < -0.39 is 33.1 Å². The van der Waals surface area contributed by atoms with Gasteiger partial charge in [-0.2, -0.15) is 18.6 Å². The van der Waals surface area contributed by atoms with Gasteiger partial charge in [-0.1, -0.05) is 6.07 Å². The smallest absolute Gasteiger partial charge is 0.265 e. The van der Waals surface area contributed by atoms with E-state index in [1.54, 1.807) is 48.5 Å². The van der Waals surface area contributed by atoms with Gasteiger partial charge in [-0.3, -0.25) is 28.5 Å². The van der Waals surface area contributed by atoms with Crippen molar-refractivity contribution in [1.82, 2.24) is 24.5 Å². The summed E-state index contributed by atoms with van der Waals surface area (Å²) in [6, 6.07) is 14.9. The zero-order valence-electron chi connectivity index (χ0n) is 24.7. The van der Waals surface area contributed by atoms with Gasteiger partial charge in [-0.15, -0.1) is 0 Å². The summed E-state index contributed by atoms with van der Waals surface area (Å²) in [5.74, 6) is -1.17. The van der Waals surface area contributed by atoms with Gasteiger partial charge < -0.3 is 4.74 Å². The minimum Gasteiger partial charge on any atom is -0.454 e. The van der Waals surface area contributed by atoms with Crippen molar-refractivity contribution in [3.8, 4) is 28.3 Å². The topological polar surface area (TPSA) is 149 Å². The van der Waals surface area contributed by atoms with Crippen LogP contribution in [0.1, 0.15) is 21.5 Å². The largest absolute Gasteiger partial charge is 0.454 e. The highest BCUT2D eigenvalue weighted by molar-refractivity contribution is 7.85. The van der Waals surface area contributed by atoms with Gasteiger partial charge in [0.1, 0.15) is 11.6 Å². The summed E-state index contributed by atoms with van der Waals surface area (Å²) in [6.07, 6.45) is 7.16. The summed E-state index contributed by atoms with van der Waals surface area (Å²) in [5.41, 5.74) is 3.24. The molecule has 3 aromatic heterocycles. The Labute approximate surface area is 261 Å². The fourth-order valence-electron chi connectivity index (χ4n) is 4.74. The van der Waals surface area contributed by atoms with Gasteiger partial charge in [-0.25, -0.2) is 8.78 Å². The molecule has 0 bridgehead atoms. The first-order valence-corrected chi connectivity index (χ1v) is 15.5. The number of aromatic nitrogens is 5. The first kappa shape index (κ1) is 31.9. The number of rotatable bonds is 7. The zero-order valence-corrected chi connectivity index (χ0v) is 25.5. The lowest BCUT2D eigenvalue weighted by atomic mass is 10.0. The van der Waals surface area contributed by atoms with Crippen LogP contribution in [0.5, 0.6) is 11.5 Å². The second-order valence-corrected chi connectivity index (χ2v) is 11.9. The van der Waals surface area contributed by atoms with Crippen molar-refractivity contribution in [1.29, 1.82) is 0 Å². The van der Waals surface area contributed by atoms with Gasteiger partial charge in [0.15, 0.2) is 17.3 Å². The van der Waals surface area contributed by atoms with Gasteiger partial charge in [0.2, 0.25) is 0 Å². The van der Waals surface area contributed by atoms with Crippen molar-refractivity contribution in [2.24, 2.45) is 7.05 Å². The number of carbonyl (C=O) groups excluding carboxylic acids is 1. The number of ether oxygens (including phenoxy) is 1. The summed E-state index contributed by atoms with van der Waals surface area (Å²) in [4.78, 5) is 26.3. The highest BCUT2D eigenvalue weighted by Gasteiger charge is 2.18. The molecule has 0 radical (unpaired) electrons. The number of fused-ring (bicyclic) bond motifs is 1. The standard InChI is InChI=1S/C31H23F2N5O3.CH4O3S/c1-18-9-25(31(40)38(17-18)23-6-4-22(32)5-7-23)28(39)11-19-3-8-29(26(33)10-19)41-30-12-20-16-36-37(2)27(20)13-24(30)21-14-34-35-15-21;1-5(2,3)4/h3-10,12-17H,11H2,1-2H3,(H,34,35);1H3,(H,2,3,4). The molecule has 3 aromatic carbocycles. The molecule has 0 amide bonds. The molecule has 0 saturated carbocycles. The van der Waals surface area contributed by atoms with Gasteiger partial charge >= 0.3 is 0 Å². The highest BCUT2D eigenvalue weighted by Crippen LogP contribution is 2.37. The number of nitrogens with zero attached hydrogens (tertiary/aromatic N) is 4. The monoisotopic (exact) mass is 647 g/mol. The van der Waals surface area contributed by atoms with E-state index in [2.05, 4.69) is 15.3 Å². The molecular weight excluding hydrogens is 620 g/mol. The quantitative estimate of drug-likeness (QED) is 0.172. The second kappa shape index (κ2) is 12.9. The second-order valence-electron chi connectivity index (χ2n) is 10.4. The summed E-state index contributed by atoms with van der Waals surface area (Å²) < 4.78 is 63.6. The number of hydrogen-bond acceptors (Lipinski definition) is 7. The Morgan fingerprint density at radius 1 is 1.02 bits per heavy atom. The number of benzene rings is 3. The average Bonchev–Trinajstić information content (AvgIpc) is 3.65. The van der Waals surface area contributed by atoms with E-state index >= 15 is 4.39 Å². The third kappa shape index (κ3) is 7.42. The van der Waals surface area contributed by atoms with E-state index in [9.17, 15) is 22.4 Å². The maximum absolute atomic E-state index is 15.3. The van der Waals surface area contributed by atoms with Crippen LogP contribution >= 0.6 is 0 Å². The predicted octanol–water partition coefficient (Wildman–Crippen LogP) is 5.42. The fourth-order valence-corrected chi connectivity index (χ4v) is 4.74. The number of aromatic amines is 1. The molecule has 2 N–H and O–H groups in total. The van der Waals surface area contributed by atoms with Gasteiger partial charge in [-0.05, 0) is 72.6 Å².